The molecule has 0 spiro atoms. The first-order valence-electron chi connectivity index (χ1n) is 18.2. The number of hydrogen-bond donors (Lipinski definition) is 6. The summed E-state index contributed by atoms with van der Waals surface area (Å²) in [7, 11) is 3.10. The third kappa shape index (κ3) is 13.6. The molecule has 4 aromatic rings. The van der Waals surface area contributed by atoms with Crippen molar-refractivity contribution in [3.05, 3.63) is 70.2 Å². The van der Waals surface area contributed by atoms with Gasteiger partial charge < -0.3 is 41.0 Å². The number of carboxylic acid groups (broad SMARTS) is 2. The van der Waals surface area contributed by atoms with E-state index in [-0.39, 0.29) is 23.9 Å². The number of rotatable bonds is 13. The highest BCUT2D eigenvalue weighted by atomic mass is 35.5. The number of methoxy groups -OCH3 is 2. The Balaban J connectivity index is 0.000000521. The normalized spacial score (nSPS) is 16.0. The average molecular weight is 920 g/mol. The molecule has 2 atom stereocenters. The van der Waals surface area contributed by atoms with E-state index in [2.05, 4.69) is 31.2 Å². The zero-order valence-electron chi connectivity index (χ0n) is 32.6. The summed E-state index contributed by atoms with van der Waals surface area (Å²) in [6, 6.07) is 11.5. The van der Waals surface area contributed by atoms with Gasteiger partial charge in [-0.1, -0.05) is 59.6 Å². The van der Waals surface area contributed by atoms with E-state index in [1.54, 1.807) is 26.6 Å². The van der Waals surface area contributed by atoms with Gasteiger partial charge >= 0.3 is 24.3 Å². The Morgan fingerprint density at radius 2 is 1.03 bits per heavy atom. The van der Waals surface area contributed by atoms with Gasteiger partial charge in [0.05, 0.1) is 48.0 Å². The second-order valence-electron chi connectivity index (χ2n) is 13.2. The van der Waals surface area contributed by atoms with Crippen molar-refractivity contribution < 1.29 is 65.2 Å². The van der Waals surface area contributed by atoms with Crippen LogP contribution >= 0.6 is 23.2 Å². The van der Waals surface area contributed by atoms with Crippen molar-refractivity contribution in [3.8, 4) is 45.4 Å². The molecule has 6 rings (SSSR count). The van der Waals surface area contributed by atoms with E-state index < -0.39 is 24.3 Å². The first kappa shape index (κ1) is 48.8. The summed E-state index contributed by atoms with van der Waals surface area (Å²) in [4.78, 5) is 59.4. The Labute approximate surface area is 358 Å². The molecule has 2 amide bonds. The predicted octanol–water partition coefficient (Wildman–Crippen LogP) is 5.59. The predicted molar refractivity (Wildman–Crippen MR) is 210 cm³/mol. The molecule has 0 unspecified atom stereocenters. The van der Waals surface area contributed by atoms with Gasteiger partial charge in [-0.25, -0.2) is 19.6 Å². The summed E-state index contributed by atoms with van der Waals surface area (Å²) in [6.45, 7) is 2.14. The van der Waals surface area contributed by atoms with Crippen molar-refractivity contribution in [2.45, 2.75) is 63.2 Å². The van der Waals surface area contributed by atoms with E-state index in [4.69, 9.17) is 62.4 Å². The van der Waals surface area contributed by atoms with Gasteiger partial charge in [0.1, 0.15) is 11.4 Å². The lowest BCUT2D eigenvalue weighted by Crippen LogP contribution is -2.35. The summed E-state index contributed by atoms with van der Waals surface area (Å²) in [5, 5.41) is 27.7. The lowest BCUT2D eigenvalue weighted by Gasteiger charge is -2.15. The fourth-order valence-electron chi connectivity index (χ4n) is 5.89. The Bertz CT molecular complexity index is 2100. The Hall–Kier alpha value is -5.84. The van der Waals surface area contributed by atoms with Crippen LogP contribution in [0.15, 0.2) is 48.8 Å². The number of aliphatic carboxylic acids is 2. The number of alkyl halides is 6. The van der Waals surface area contributed by atoms with Crippen LogP contribution in [-0.4, -0.2) is 106 Å². The van der Waals surface area contributed by atoms with Gasteiger partial charge in [0, 0.05) is 73.4 Å². The molecule has 2 aromatic heterocycles. The number of aromatic nitrogens is 4. The SMILES string of the molecule is COc1nc(-c2cccc(-c3cccc(-c4cnc(CNC[C@@H]5CCC(=O)N5)c(OC)n4)c3Cl)c2Cl)cnc1CNC[C@@H]1CCC(=O)N1.O=C(O)C(F)(F)F.O=C(O)C(F)(F)F. The molecule has 2 aliphatic heterocycles. The molecule has 24 heteroatoms. The smallest absolute Gasteiger partial charge is 0.480 e. The van der Waals surface area contributed by atoms with Crippen LogP contribution in [0.2, 0.25) is 10.0 Å². The number of nitrogens with one attached hydrogen (secondary N) is 4. The third-order valence-electron chi connectivity index (χ3n) is 8.87. The first-order valence-corrected chi connectivity index (χ1v) is 19.0. The molecule has 2 aliphatic rings. The minimum Gasteiger partial charge on any atom is -0.480 e. The maximum Gasteiger partial charge on any atom is 0.490 e. The van der Waals surface area contributed by atoms with Crippen molar-refractivity contribution in [2.24, 2.45) is 0 Å². The summed E-state index contributed by atoms with van der Waals surface area (Å²) in [5.41, 5.74) is 5.16. The Morgan fingerprint density at radius 3 is 1.32 bits per heavy atom. The number of carboxylic acids is 2. The minimum atomic E-state index is -5.08. The molecular formula is C38H38Cl2F6N8O8. The molecule has 0 saturated carbocycles. The summed E-state index contributed by atoms with van der Waals surface area (Å²) < 4.78 is 74.6. The second-order valence-corrected chi connectivity index (χ2v) is 14.0. The number of benzene rings is 2. The lowest BCUT2D eigenvalue weighted by atomic mass is 9.98. The van der Waals surface area contributed by atoms with Crippen LogP contribution in [0.4, 0.5) is 26.3 Å². The van der Waals surface area contributed by atoms with Crippen LogP contribution in [0.25, 0.3) is 33.6 Å². The van der Waals surface area contributed by atoms with Crippen LogP contribution < -0.4 is 30.7 Å². The van der Waals surface area contributed by atoms with Crippen LogP contribution in [0.5, 0.6) is 11.8 Å². The fourth-order valence-corrected chi connectivity index (χ4v) is 6.54. The molecule has 0 bridgehead atoms. The maximum atomic E-state index is 11.5. The number of ether oxygens (including phenoxy) is 2. The summed E-state index contributed by atoms with van der Waals surface area (Å²) in [6.07, 6.45) is -4.10. The Morgan fingerprint density at radius 1 is 0.694 bits per heavy atom. The Kier molecular flexibility index (Phi) is 17.2. The van der Waals surface area contributed by atoms with Crippen molar-refractivity contribution in [3.63, 3.8) is 0 Å². The number of halogens is 8. The summed E-state index contributed by atoms with van der Waals surface area (Å²) >= 11 is 14.1. The van der Waals surface area contributed by atoms with Crippen LogP contribution in [-0.2, 0) is 32.3 Å². The average Bonchev–Trinajstić information content (AvgIpc) is 3.84. The van der Waals surface area contributed by atoms with E-state index in [1.165, 1.54) is 0 Å². The molecule has 334 valence electrons. The molecule has 2 aromatic carbocycles. The standard InChI is InChI=1S/C34H36Cl2N8O4.2C2HF3O2/c1-47-33-27(15-37-13-19-9-11-29(45)41-19)39-17-25(43-33)23-7-3-5-21(31(23)35)22-6-4-8-24(32(22)36)26-18-40-28(34(44-26)48-2)16-38-14-20-10-12-30(46)42-20;2*3-2(4,5)1(6)7/h3-8,17-20,37-38H,9-16H2,1-2H3,(H,41,45)(H,42,46);2*(H,6,7)/t19-,20-;;/m0../s1. The monoisotopic (exact) mass is 918 g/mol. The quantitative estimate of drug-likeness (QED) is 0.0899. The molecule has 0 aliphatic carbocycles. The van der Waals surface area contributed by atoms with Crippen molar-refractivity contribution >= 4 is 47.0 Å². The van der Waals surface area contributed by atoms with E-state index in [1.807, 2.05) is 36.4 Å². The zero-order valence-corrected chi connectivity index (χ0v) is 34.1. The second kappa shape index (κ2) is 21.8. The highest BCUT2D eigenvalue weighted by Crippen LogP contribution is 2.42. The zero-order chi connectivity index (χ0) is 45.8. The highest BCUT2D eigenvalue weighted by Gasteiger charge is 2.39. The molecule has 62 heavy (non-hydrogen) atoms. The fraction of sp³-hybridized carbons (Fsp3) is 0.368. The first-order chi connectivity index (χ1) is 29.2. The van der Waals surface area contributed by atoms with Crippen LogP contribution in [0.1, 0.15) is 37.1 Å². The van der Waals surface area contributed by atoms with E-state index in [0.717, 1.165) is 12.8 Å². The lowest BCUT2D eigenvalue weighted by molar-refractivity contribution is -0.193. The topological polar surface area (TPSA) is 227 Å². The van der Waals surface area contributed by atoms with E-state index >= 15 is 0 Å². The van der Waals surface area contributed by atoms with Crippen LogP contribution in [0.3, 0.4) is 0 Å². The van der Waals surface area contributed by atoms with Crippen LogP contribution in [0, 0.1) is 0 Å². The third-order valence-corrected chi connectivity index (χ3v) is 9.69. The minimum absolute atomic E-state index is 0.0799. The van der Waals surface area contributed by atoms with Gasteiger partial charge in [0.15, 0.2) is 0 Å². The molecular weight excluding hydrogens is 881 g/mol. The number of nitrogens with zero attached hydrogens (tertiary/aromatic N) is 4. The molecule has 4 heterocycles. The van der Waals surface area contributed by atoms with Crippen molar-refractivity contribution in [1.82, 2.24) is 41.2 Å². The van der Waals surface area contributed by atoms with Gasteiger partial charge in [0.25, 0.3) is 0 Å². The van der Waals surface area contributed by atoms with Gasteiger partial charge in [-0.15, -0.1) is 0 Å². The summed E-state index contributed by atoms with van der Waals surface area (Å²) in [5.74, 6) is -4.59. The van der Waals surface area contributed by atoms with Gasteiger partial charge in [0.2, 0.25) is 23.6 Å². The maximum absolute atomic E-state index is 11.5. The largest absolute Gasteiger partial charge is 0.490 e. The number of carbonyl (C=O) groups is 4. The molecule has 0 radical (unpaired) electrons. The van der Waals surface area contributed by atoms with Gasteiger partial charge in [-0.05, 0) is 12.8 Å². The van der Waals surface area contributed by atoms with Crippen molar-refractivity contribution in [1.29, 1.82) is 0 Å². The number of hydrogen-bond acceptors (Lipinski definition) is 12. The van der Waals surface area contributed by atoms with Gasteiger partial charge in [-0.3, -0.25) is 19.6 Å². The van der Waals surface area contributed by atoms with E-state index in [0.29, 0.717) is 106 Å². The van der Waals surface area contributed by atoms with E-state index in [9.17, 15) is 35.9 Å². The number of amides is 2. The molecule has 16 nitrogen and oxygen atoms in total. The number of carbonyl (C=O) groups excluding carboxylic acids is 2. The molecule has 2 saturated heterocycles. The highest BCUT2D eigenvalue weighted by molar-refractivity contribution is 6.39. The van der Waals surface area contributed by atoms with Gasteiger partial charge in [-0.2, -0.15) is 26.3 Å². The molecule has 2 fully saturated rings. The molecule has 6 N–H and O–H groups in total. The van der Waals surface area contributed by atoms with Crippen molar-refractivity contribution in [2.75, 3.05) is 27.3 Å².